The van der Waals surface area contributed by atoms with Gasteiger partial charge in [0.15, 0.2) is 0 Å². The highest BCUT2D eigenvalue weighted by molar-refractivity contribution is 7.09. The summed E-state index contributed by atoms with van der Waals surface area (Å²) in [7, 11) is 1.25. The first-order chi connectivity index (χ1) is 17.3. The zero-order valence-corrected chi connectivity index (χ0v) is 22.4. The Bertz CT molecular complexity index is 1160. The Hall–Kier alpha value is -2.75. The molecular formula is C25H26Cl2N2O6S. The van der Waals surface area contributed by atoms with Crippen molar-refractivity contribution in [3.8, 4) is 0 Å². The largest absolute Gasteiger partial charge is 0.466 e. The normalized spacial score (nSPS) is 17.4. The van der Waals surface area contributed by atoms with E-state index >= 15 is 0 Å². The van der Waals surface area contributed by atoms with Crippen molar-refractivity contribution in [3.05, 3.63) is 61.7 Å². The number of carbonyl (C=O) groups is 3. The third-order valence-corrected chi connectivity index (χ3v) is 7.04. The Balaban J connectivity index is 2.26. The molecule has 8 nitrogen and oxygen atoms in total. The fourth-order valence-corrected chi connectivity index (χ4v) is 5.37. The summed E-state index contributed by atoms with van der Waals surface area (Å²) in [5, 5.41) is 3.19. The summed E-state index contributed by atoms with van der Waals surface area (Å²) in [4.78, 5) is 48.0. The zero-order valence-electron chi connectivity index (χ0n) is 20.1. The van der Waals surface area contributed by atoms with Gasteiger partial charge in [0, 0.05) is 39.7 Å². The van der Waals surface area contributed by atoms with E-state index in [0.29, 0.717) is 24.1 Å². The minimum atomic E-state index is -1.15. The standard InChI is InChI=1S/C25H26Cl2N2O6S/c1-4-34-19(30)13-17-22(25(32)35-5-2)23(20-14(26)7-6-8-15(20)27)21(24(31)33-3)16(29-17)9-10-18-28-11-12-36-18/h6-8,11-12,22-23H,4-5,9-10,13H2,1-3H3. The van der Waals surface area contributed by atoms with Crippen LogP contribution in [0.25, 0.3) is 0 Å². The topological polar surface area (TPSA) is 104 Å². The quantitative estimate of drug-likeness (QED) is 0.295. The van der Waals surface area contributed by atoms with Gasteiger partial charge < -0.3 is 14.2 Å². The minimum absolute atomic E-state index is 0.0825. The predicted octanol–water partition coefficient (Wildman–Crippen LogP) is 5.18. The molecule has 1 aromatic heterocycles. The molecule has 0 N–H and O–H groups in total. The van der Waals surface area contributed by atoms with Gasteiger partial charge in [-0.2, -0.15) is 0 Å². The first-order valence-electron chi connectivity index (χ1n) is 11.4. The Morgan fingerprint density at radius 1 is 1.06 bits per heavy atom. The summed E-state index contributed by atoms with van der Waals surface area (Å²) in [6.07, 6.45) is 2.20. The van der Waals surface area contributed by atoms with Crippen LogP contribution < -0.4 is 0 Å². The van der Waals surface area contributed by atoms with Gasteiger partial charge in [0.1, 0.15) is 5.92 Å². The van der Waals surface area contributed by atoms with E-state index in [1.54, 1.807) is 38.2 Å². The number of methoxy groups -OCH3 is 1. The highest BCUT2D eigenvalue weighted by Crippen LogP contribution is 2.46. The van der Waals surface area contributed by atoms with Crippen LogP contribution in [0.3, 0.4) is 0 Å². The molecule has 2 heterocycles. The second kappa shape index (κ2) is 13.0. The Morgan fingerprint density at radius 2 is 1.75 bits per heavy atom. The van der Waals surface area contributed by atoms with Crippen LogP contribution in [0.5, 0.6) is 0 Å². The molecule has 1 aliphatic heterocycles. The maximum absolute atomic E-state index is 13.3. The first-order valence-corrected chi connectivity index (χ1v) is 13.0. The van der Waals surface area contributed by atoms with Gasteiger partial charge in [0.25, 0.3) is 0 Å². The molecule has 11 heteroatoms. The van der Waals surface area contributed by atoms with Gasteiger partial charge in [-0.1, -0.05) is 29.3 Å². The van der Waals surface area contributed by atoms with E-state index in [-0.39, 0.29) is 41.0 Å². The third-order valence-electron chi connectivity index (χ3n) is 5.54. The van der Waals surface area contributed by atoms with Crippen LogP contribution in [-0.2, 0) is 35.0 Å². The number of thiazole rings is 1. The number of aliphatic imine (C=N–C) groups is 1. The molecule has 0 aliphatic carbocycles. The SMILES string of the molecule is CCOC(=O)CC1=NC(CCc2nccs2)=C(C(=O)OC)C(c2c(Cl)cccc2Cl)C1C(=O)OCC. The average molecular weight is 553 g/mol. The Kier molecular flexibility index (Phi) is 10.0. The Labute approximate surface area is 223 Å². The second-order valence-corrected chi connectivity index (χ2v) is 9.50. The molecule has 0 amide bonds. The number of ether oxygens (including phenoxy) is 3. The van der Waals surface area contributed by atoms with Gasteiger partial charge in [-0.05, 0) is 38.0 Å². The number of hydrogen-bond acceptors (Lipinski definition) is 9. The monoisotopic (exact) mass is 552 g/mol. The van der Waals surface area contributed by atoms with Crippen molar-refractivity contribution in [1.82, 2.24) is 4.98 Å². The molecule has 2 aromatic rings. The van der Waals surface area contributed by atoms with E-state index in [1.807, 2.05) is 5.38 Å². The molecule has 1 aromatic carbocycles. The molecular weight excluding hydrogens is 527 g/mol. The van der Waals surface area contributed by atoms with Gasteiger partial charge in [0.2, 0.25) is 0 Å². The van der Waals surface area contributed by atoms with Crippen LogP contribution in [0.2, 0.25) is 10.0 Å². The minimum Gasteiger partial charge on any atom is -0.466 e. The molecule has 0 radical (unpaired) electrons. The summed E-state index contributed by atoms with van der Waals surface area (Å²) < 4.78 is 15.6. The number of aryl methyl sites for hydroxylation is 1. The number of carbonyl (C=O) groups excluding carboxylic acids is 3. The Morgan fingerprint density at radius 3 is 2.33 bits per heavy atom. The lowest BCUT2D eigenvalue weighted by Gasteiger charge is -2.33. The molecule has 192 valence electrons. The number of nitrogens with zero attached hydrogens (tertiary/aromatic N) is 2. The highest BCUT2D eigenvalue weighted by atomic mass is 35.5. The lowest BCUT2D eigenvalue weighted by molar-refractivity contribution is -0.146. The predicted molar refractivity (Wildman–Crippen MR) is 137 cm³/mol. The maximum atomic E-state index is 13.3. The fourth-order valence-electron chi connectivity index (χ4n) is 4.12. The van der Waals surface area contributed by atoms with Crippen molar-refractivity contribution < 1.29 is 28.6 Å². The molecule has 3 rings (SSSR count). The number of aromatic nitrogens is 1. The van der Waals surface area contributed by atoms with Crippen LogP contribution in [-0.4, -0.2) is 48.9 Å². The summed E-state index contributed by atoms with van der Waals surface area (Å²) in [5.74, 6) is -4.05. The fraction of sp³-hybridized carbons (Fsp3) is 0.400. The molecule has 2 atom stereocenters. The van der Waals surface area contributed by atoms with Crippen LogP contribution >= 0.6 is 34.5 Å². The van der Waals surface area contributed by atoms with Crippen molar-refractivity contribution in [2.24, 2.45) is 10.9 Å². The van der Waals surface area contributed by atoms with Crippen molar-refractivity contribution >= 4 is 58.2 Å². The van der Waals surface area contributed by atoms with E-state index in [1.165, 1.54) is 18.4 Å². The van der Waals surface area contributed by atoms with Crippen LogP contribution in [0.1, 0.15) is 43.2 Å². The number of rotatable bonds is 10. The molecule has 0 bridgehead atoms. The van der Waals surface area contributed by atoms with Crippen molar-refractivity contribution in [2.75, 3.05) is 20.3 Å². The van der Waals surface area contributed by atoms with Gasteiger partial charge in [0.05, 0.1) is 43.0 Å². The van der Waals surface area contributed by atoms with Gasteiger partial charge >= 0.3 is 17.9 Å². The van der Waals surface area contributed by atoms with Gasteiger partial charge in [-0.15, -0.1) is 11.3 Å². The highest BCUT2D eigenvalue weighted by Gasteiger charge is 2.46. The van der Waals surface area contributed by atoms with E-state index in [4.69, 9.17) is 37.4 Å². The number of hydrogen-bond donors (Lipinski definition) is 0. The van der Waals surface area contributed by atoms with Crippen LogP contribution in [0, 0.1) is 5.92 Å². The van der Waals surface area contributed by atoms with Gasteiger partial charge in [-0.3, -0.25) is 14.6 Å². The lowest BCUT2D eigenvalue weighted by atomic mass is 9.74. The number of halogens is 2. The summed E-state index contributed by atoms with van der Waals surface area (Å²) in [6.45, 7) is 3.59. The molecule has 2 unspecified atom stereocenters. The van der Waals surface area contributed by atoms with E-state index < -0.39 is 29.7 Å². The summed E-state index contributed by atoms with van der Waals surface area (Å²) in [6, 6.07) is 4.90. The summed E-state index contributed by atoms with van der Waals surface area (Å²) >= 11 is 14.6. The molecule has 0 saturated carbocycles. The molecule has 36 heavy (non-hydrogen) atoms. The number of allylic oxidation sites excluding steroid dienone is 1. The maximum Gasteiger partial charge on any atom is 0.336 e. The van der Waals surface area contributed by atoms with Crippen molar-refractivity contribution in [3.63, 3.8) is 0 Å². The van der Waals surface area contributed by atoms with E-state index in [0.717, 1.165) is 5.01 Å². The van der Waals surface area contributed by atoms with Crippen molar-refractivity contribution in [1.29, 1.82) is 0 Å². The average Bonchev–Trinajstić information content (AvgIpc) is 3.36. The van der Waals surface area contributed by atoms with Crippen LogP contribution in [0.15, 0.2) is 46.0 Å². The number of benzene rings is 1. The van der Waals surface area contributed by atoms with Gasteiger partial charge in [-0.25, -0.2) is 9.78 Å². The van der Waals surface area contributed by atoms with E-state index in [2.05, 4.69) is 9.98 Å². The lowest BCUT2D eigenvalue weighted by Crippen LogP contribution is -2.39. The van der Waals surface area contributed by atoms with Crippen LogP contribution in [0.4, 0.5) is 0 Å². The summed E-state index contributed by atoms with van der Waals surface area (Å²) in [5.41, 5.74) is 1.05. The third kappa shape index (κ3) is 6.32. The smallest absolute Gasteiger partial charge is 0.336 e. The first kappa shape index (κ1) is 27.8. The zero-order chi connectivity index (χ0) is 26.2. The molecule has 1 aliphatic rings. The second-order valence-electron chi connectivity index (χ2n) is 7.71. The molecule has 0 spiro atoms. The van der Waals surface area contributed by atoms with Crippen molar-refractivity contribution in [2.45, 2.75) is 39.0 Å². The molecule has 0 saturated heterocycles. The molecule has 0 fully saturated rings. The number of esters is 3. The van der Waals surface area contributed by atoms with E-state index in [9.17, 15) is 14.4 Å².